The Hall–Kier alpha value is -1.26. The summed E-state index contributed by atoms with van der Waals surface area (Å²) in [6.45, 7) is 0. The van der Waals surface area contributed by atoms with E-state index in [0.717, 1.165) is 12.5 Å². The lowest BCUT2D eigenvalue weighted by molar-refractivity contribution is 0.164. The highest BCUT2D eigenvalue weighted by atomic mass is 32.1. The van der Waals surface area contributed by atoms with Gasteiger partial charge >= 0.3 is 0 Å². The lowest BCUT2D eigenvalue weighted by atomic mass is 10.0. The summed E-state index contributed by atoms with van der Waals surface area (Å²) in [5.74, 6) is -1.72. The molecule has 18 heavy (non-hydrogen) atoms. The van der Waals surface area contributed by atoms with Gasteiger partial charge in [0.1, 0.15) is 0 Å². The molecule has 0 spiro atoms. The summed E-state index contributed by atoms with van der Waals surface area (Å²) in [5.41, 5.74) is 0.230. The van der Waals surface area contributed by atoms with E-state index in [-0.39, 0.29) is 12.0 Å². The van der Waals surface area contributed by atoms with Crippen molar-refractivity contribution in [3.8, 4) is 0 Å². The minimum absolute atomic E-state index is 0.148. The molecule has 1 aromatic carbocycles. The summed E-state index contributed by atoms with van der Waals surface area (Å²) in [4.78, 5) is 1.19. The van der Waals surface area contributed by atoms with Crippen LogP contribution in [0.2, 0.25) is 0 Å². The molecule has 1 aromatic heterocycles. The molecule has 0 saturated heterocycles. The maximum absolute atomic E-state index is 13.4. The fourth-order valence-electron chi connectivity index (χ4n) is 1.83. The molecule has 0 saturated carbocycles. The number of thiophene rings is 1. The first-order chi connectivity index (χ1) is 8.66. The van der Waals surface area contributed by atoms with Crippen LogP contribution in [-0.4, -0.2) is 11.2 Å². The largest absolute Gasteiger partial charge is 0.393 e. The van der Waals surface area contributed by atoms with Gasteiger partial charge in [-0.3, -0.25) is 0 Å². The first-order valence-electron chi connectivity index (χ1n) is 5.80. The fraction of sp³-hybridized carbons (Fsp3) is 0.286. The van der Waals surface area contributed by atoms with Crippen LogP contribution in [0.25, 0.3) is 0 Å². The van der Waals surface area contributed by atoms with Crippen LogP contribution in [0.15, 0.2) is 35.7 Å². The summed E-state index contributed by atoms with van der Waals surface area (Å²) < 4.78 is 26.4. The van der Waals surface area contributed by atoms with Crippen molar-refractivity contribution in [1.29, 1.82) is 0 Å². The van der Waals surface area contributed by atoms with E-state index in [2.05, 4.69) is 0 Å². The van der Waals surface area contributed by atoms with Crippen LogP contribution in [0.4, 0.5) is 8.78 Å². The predicted molar refractivity (Wildman–Crippen MR) is 68.7 cm³/mol. The Morgan fingerprint density at radius 1 is 1.17 bits per heavy atom. The number of aryl methyl sites for hydroxylation is 1. The van der Waals surface area contributed by atoms with Crippen LogP contribution in [0.1, 0.15) is 16.9 Å². The van der Waals surface area contributed by atoms with Gasteiger partial charge in [-0.1, -0.05) is 18.2 Å². The van der Waals surface area contributed by atoms with Crippen LogP contribution in [0.3, 0.4) is 0 Å². The van der Waals surface area contributed by atoms with E-state index in [9.17, 15) is 13.9 Å². The molecule has 0 aliphatic carbocycles. The smallest absolute Gasteiger partial charge is 0.162 e. The highest BCUT2D eigenvalue weighted by Crippen LogP contribution is 2.17. The zero-order valence-electron chi connectivity index (χ0n) is 9.77. The molecular weight excluding hydrogens is 254 g/mol. The maximum Gasteiger partial charge on any atom is 0.162 e. The van der Waals surface area contributed by atoms with E-state index < -0.39 is 17.7 Å². The third kappa shape index (κ3) is 3.37. The van der Waals surface area contributed by atoms with Gasteiger partial charge < -0.3 is 5.11 Å². The van der Waals surface area contributed by atoms with Crippen LogP contribution in [-0.2, 0) is 12.8 Å². The normalized spacial score (nSPS) is 12.6. The van der Waals surface area contributed by atoms with Gasteiger partial charge in [0.25, 0.3) is 0 Å². The second-order valence-corrected chi connectivity index (χ2v) is 5.22. The molecule has 1 unspecified atom stereocenters. The number of hydrogen-bond donors (Lipinski definition) is 1. The summed E-state index contributed by atoms with van der Waals surface area (Å²) in [6.07, 6.45) is 0.810. The molecule has 2 rings (SSSR count). The number of aliphatic hydroxyl groups excluding tert-OH is 1. The van der Waals surface area contributed by atoms with Gasteiger partial charge in [0.15, 0.2) is 11.6 Å². The van der Waals surface area contributed by atoms with Gasteiger partial charge in [0, 0.05) is 11.3 Å². The van der Waals surface area contributed by atoms with Gasteiger partial charge in [-0.2, -0.15) is 0 Å². The number of halogens is 2. The van der Waals surface area contributed by atoms with E-state index in [4.69, 9.17) is 0 Å². The van der Waals surface area contributed by atoms with Gasteiger partial charge in [-0.05, 0) is 35.9 Å². The monoisotopic (exact) mass is 268 g/mol. The average Bonchev–Trinajstić information content (AvgIpc) is 2.86. The Bertz CT molecular complexity index is 497. The van der Waals surface area contributed by atoms with E-state index in [1.54, 1.807) is 11.3 Å². The Kier molecular flexibility index (Phi) is 4.44. The maximum atomic E-state index is 13.4. The Labute approximate surface area is 109 Å². The number of rotatable bonds is 5. The zero-order valence-corrected chi connectivity index (χ0v) is 10.6. The topological polar surface area (TPSA) is 20.2 Å². The Balaban J connectivity index is 1.90. The van der Waals surface area contributed by atoms with Gasteiger partial charge in [0.2, 0.25) is 0 Å². The van der Waals surface area contributed by atoms with E-state index in [0.29, 0.717) is 6.42 Å². The molecule has 1 heterocycles. The third-order valence-corrected chi connectivity index (χ3v) is 3.73. The second kappa shape index (κ2) is 6.07. The molecule has 96 valence electrons. The highest BCUT2D eigenvalue weighted by molar-refractivity contribution is 7.09. The van der Waals surface area contributed by atoms with Gasteiger partial charge in [-0.15, -0.1) is 11.3 Å². The van der Waals surface area contributed by atoms with Gasteiger partial charge in [0.05, 0.1) is 6.10 Å². The zero-order chi connectivity index (χ0) is 13.0. The Morgan fingerprint density at radius 2 is 2.00 bits per heavy atom. The van der Waals surface area contributed by atoms with Crippen molar-refractivity contribution in [3.63, 3.8) is 0 Å². The quantitative estimate of drug-likeness (QED) is 0.879. The minimum Gasteiger partial charge on any atom is -0.393 e. The molecule has 4 heteroatoms. The SMILES string of the molecule is OC(CCc1cccs1)Cc1cccc(F)c1F. The second-order valence-electron chi connectivity index (χ2n) is 4.19. The van der Waals surface area contributed by atoms with Crippen LogP contribution < -0.4 is 0 Å². The molecule has 0 radical (unpaired) electrons. The first-order valence-corrected chi connectivity index (χ1v) is 6.68. The predicted octanol–water partition coefficient (Wildman–Crippen LogP) is 3.56. The average molecular weight is 268 g/mol. The van der Waals surface area contributed by atoms with Crippen molar-refractivity contribution < 1.29 is 13.9 Å². The number of aliphatic hydroxyl groups is 1. The summed E-state index contributed by atoms with van der Waals surface area (Å²) >= 11 is 1.63. The molecule has 0 aliphatic heterocycles. The third-order valence-electron chi connectivity index (χ3n) is 2.79. The molecule has 0 aliphatic rings. The van der Waals surface area contributed by atoms with E-state index in [1.165, 1.54) is 17.0 Å². The van der Waals surface area contributed by atoms with Crippen LogP contribution >= 0.6 is 11.3 Å². The fourth-order valence-corrected chi connectivity index (χ4v) is 2.55. The Morgan fingerprint density at radius 3 is 2.72 bits per heavy atom. The molecule has 1 N–H and O–H groups in total. The number of benzene rings is 1. The van der Waals surface area contributed by atoms with Crippen molar-refractivity contribution in [2.24, 2.45) is 0 Å². The lowest BCUT2D eigenvalue weighted by Crippen LogP contribution is -2.13. The molecular formula is C14H14F2OS. The molecule has 1 atom stereocenters. The van der Waals surface area contributed by atoms with Crippen LogP contribution in [0, 0.1) is 11.6 Å². The van der Waals surface area contributed by atoms with Crippen molar-refractivity contribution in [2.45, 2.75) is 25.4 Å². The number of hydrogen-bond acceptors (Lipinski definition) is 2. The van der Waals surface area contributed by atoms with Crippen molar-refractivity contribution in [1.82, 2.24) is 0 Å². The van der Waals surface area contributed by atoms with Crippen molar-refractivity contribution in [3.05, 3.63) is 57.8 Å². The highest BCUT2D eigenvalue weighted by Gasteiger charge is 2.12. The lowest BCUT2D eigenvalue weighted by Gasteiger charge is -2.10. The molecule has 1 nitrogen and oxygen atoms in total. The van der Waals surface area contributed by atoms with Gasteiger partial charge in [-0.25, -0.2) is 8.78 Å². The summed E-state index contributed by atoms with van der Waals surface area (Å²) in [7, 11) is 0. The molecule has 0 amide bonds. The van der Waals surface area contributed by atoms with E-state index >= 15 is 0 Å². The first kappa shape index (κ1) is 13.2. The van der Waals surface area contributed by atoms with Crippen molar-refractivity contribution >= 4 is 11.3 Å². The van der Waals surface area contributed by atoms with E-state index in [1.807, 2.05) is 17.5 Å². The molecule has 2 aromatic rings. The summed E-state index contributed by atoms with van der Waals surface area (Å²) in [5, 5.41) is 11.8. The standard InChI is InChI=1S/C14H14F2OS/c15-13-5-1-3-10(14(13)16)9-11(17)6-7-12-4-2-8-18-12/h1-5,8,11,17H,6-7,9H2. The minimum atomic E-state index is -0.863. The van der Waals surface area contributed by atoms with Crippen molar-refractivity contribution in [2.75, 3.05) is 0 Å². The molecule has 0 bridgehead atoms. The summed E-state index contributed by atoms with van der Waals surface area (Å²) in [6, 6.07) is 8.00. The van der Waals surface area contributed by atoms with Crippen LogP contribution in [0.5, 0.6) is 0 Å². The molecule has 0 fully saturated rings.